The number of piperidine rings is 1. The summed E-state index contributed by atoms with van der Waals surface area (Å²) < 4.78 is 5.37. The summed E-state index contributed by atoms with van der Waals surface area (Å²) in [7, 11) is 1.64. The van der Waals surface area contributed by atoms with Gasteiger partial charge in [0.15, 0.2) is 0 Å². The number of aliphatic imine (C=N–C) groups is 2. The Hall–Kier alpha value is -2.61. The van der Waals surface area contributed by atoms with Gasteiger partial charge in [0.05, 0.1) is 18.7 Å². The van der Waals surface area contributed by atoms with Gasteiger partial charge >= 0.3 is 0 Å². The summed E-state index contributed by atoms with van der Waals surface area (Å²) >= 11 is 1.45. The van der Waals surface area contributed by atoms with E-state index in [1.165, 1.54) is 31.0 Å². The van der Waals surface area contributed by atoms with E-state index >= 15 is 0 Å². The number of guanidine groups is 1. The second-order valence-corrected chi connectivity index (χ2v) is 10.1. The molecule has 33 heavy (non-hydrogen) atoms. The molecular formula is C25H30N4O3S. The zero-order valence-corrected chi connectivity index (χ0v) is 19.8. The molecule has 0 radical (unpaired) electrons. The molecule has 1 saturated heterocycles. The van der Waals surface area contributed by atoms with Gasteiger partial charge in [0, 0.05) is 24.7 Å². The number of likely N-dealkylation sites (tertiary alicyclic amines) is 1. The molecule has 0 spiro atoms. The lowest BCUT2D eigenvalue weighted by molar-refractivity contribution is -0.127. The summed E-state index contributed by atoms with van der Waals surface area (Å²) in [4.78, 5) is 37.0. The van der Waals surface area contributed by atoms with Crippen molar-refractivity contribution in [3.63, 3.8) is 0 Å². The molecule has 174 valence electrons. The average Bonchev–Trinajstić information content (AvgIpc) is 3.29. The monoisotopic (exact) mass is 466 g/mol. The summed E-state index contributed by atoms with van der Waals surface area (Å²) in [5.41, 5.74) is 2.66. The van der Waals surface area contributed by atoms with Crippen LogP contribution in [-0.2, 0) is 9.59 Å². The molecule has 1 saturated carbocycles. The molecule has 1 aromatic carbocycles. The number of carbonyl (C=O) groups excluding carboxylic acids is 2. The Morgan fingerprint density at radius 2 is 2.00 bits per heavy atom. The van der Waals surface area contributed by atoms with Crippen LogP contribution in [0.5, 0.6) is 5.75 Å². The number of rotatable bonds is 4. The molecule has 2 amide bonds. The van der Waals surface area contributed by atoms with Gasteiger partial charge in [0.2, 0.25) is 11.9 Å². The SMILES string of the molecule is COc1cccc(C2=CSC3C(=O)N=C(N4CCCC(C(=O)NC5CCCCC5)C4)N=C23)c1. The van der Waals surface area contributed by atoms with Crippen molar-refractivity contribution in [1.29, 1.82) is 0 Å². The maximum Gasteiger partial charge on any atom is 0.268 e. The van der Waals surface area contributed by atoms with Gasteiger partial charge < -0.3 is 15.0 Å². The van der Waals surface area contributed by atoms with Crippen molar-refractivity contribution in [2.75, 3.05) is 20.2 Å². The molecule has 1 aromatic rings. The van der Waals surface area contributed by atoms with Crippen LogP contribution < -0.4 is 10.1 Å². The number of hydrogen-bond donors (Lipinski definition) is 1. The van der Waals surface area contributed by atoms with Gasteiger partial charge in [-0.3, -0.25) is 9.59 Å². The lowest BCUT2D eigenvalue weighted by Crippen LogP contribution is -2.48. The third-order valence-corrected chi connectivity index (χ3v) is 7.98. The van der Waals surface area contributed by atoms with Crippen LogP contribution in [-0.4, -0.2) is 59.9 Å². The molecule has 3 aliphatic heterocycles. The molecule has 8 heteroatoms. The number of nitrogens with zero attached hydrogens (tertiary/aromatic N) is 3. The number of methoxy groups -OCH3 is 1. The lowest BCUT2D eigenvalue weighted by atomic mass is 9.93. The van der Waals surface area contributed by atoms with E-state index in [9.17, 15) is 9.59 Å². The molecule has 0 bridgehead atoms. The van der Waals surface area contributed by atoms with Crippen molar-refractivity contribution in [2.24, 2.45) is 15.9 Å². The van der Waals surface area contributed by atoms with Crippen LogP contribution in [0.3, 0.4) is 0 Å². The van der Waals surface area contributed by atoms with Gasteiger partial charge in [0.1, 0.15) is 11.0 Å². The van der Waals surface area contributed by atoms with Crippen molar-refractivity contribution in [3.05, 3.63) is 35.2 Å². The first-order valence-electron chi connectivity index (χ1n) is 11.9. The zero-order valence-electron chi connectivity index (χ0n) is 19.0. The summed E-state index contributed by atoms with van der Waals surface area (Å²) in [5, 5.41) is 4.86. The van der Waals surface area contributed by atoms with Crippen molar-refractivity contribution < 1.29 is 14.3 Å². The molecular weight excluding hydrogens is 436 g/mol. The summed E-state index contributed by atoms with van der Waals surface area (Å²) in [6.45, 7) is 1.31. The van der Waals surface area contributed by atoms with Crippen LogP contribution >= 0.6 is 11.8 Å². The van der Waals surface area contributed by atoms with Gasteiger partial charge in [-0.25, -0.2) is 4.99 Å². The first kappa shape index (κ1) is 22.2. The van der Waals surface area contributed by atoms with Crippen molar-refractivity contribution in [2.45, 2.75) is 56.2 Å². The minimum Gasteiger partial charge on any atom is -0.497 e. The maximum absolute atomic E-state index is 12.9. The van der Waals surface area contributed by atoms with Crippen molar-refractivity contribution in [1.82, 2.24) is 10.2 Å². The Kier molecular flexibility index (Phi) is 6.53. The fourth-order valence-corrected chi connectivity index (χ4v) is 6.08. The average molecular weight is 467 g/mol. The number of benzene rings is 1. The highest BCUT2D eigenvalue weighted by Crippen LogP contribution is 2.37. The van der Waals surface area contributed by atoms with E-state index in [1.54, 1.807) is 7.11 Å². The van der Waals surface area contributed by atoms with E-state index in [2.05, 4.69) is 10.3 Å². The molecule has 3 heterocycles. The van der Waals surface area contributed by atoms with Gasteiger partial charge in [-0.05, 0) is 48.8 Å². The predicted octanol–water partition coefficient (Wildman–Crippen LogP) is 3.65. The number of carbonyl (C=O) groups is 2. The topological polar surface area (TPSA) is 83.4 Å². The van der Waals surface area contributed by atoms with Crippen LogP contribution in [0.25, 0.3) is 5.57 Å². The minimum atomic E-state index is -0.398. The zero-order chi connectivity index (χ0) is 22.8. The number of nitrogens with one attached hydrogen (secondary N) is 1. The molecule has 0 aromatic heterocycles. The van der Waals surface area contributed by atoms with E-state index in [0.29, 0.717) is 18.5 Å². The van der Waals surface area contributed by atoms with Gasteiger partial charge in [-0.2, -0.15) is 4.99 Å². The van der Waals surface area contributed by atoms with Crippen LogP contribution in [0.4, 0.5) is 0 Å². The number of fused-ring (bicyclic) bond motifs is 1. The van der Waals surface area contributed by atoms with Gasteiger partial charge in [0.25, 0.3) is 5.91 Å². The van der Waals surface area contributed by atoms with Crippen molar-refractivity contribution >= 4 is 40.8 Å². The van der Waals surface area contributed by atoms with E-state index in [1.807, 2.05) is 34.6 Å². The standard InChI is InChI=1S/C25H30N4O3S/c1-32-19-11-5-7-16(13-19)20-15-33-22-21(20)27-25(28-24(22)31)29-12-6-8-17(14-29)23(30)26-18-9-3-2-4-10-18/h5,7,11,13,15,17-18,22H,2-4,6,8-10,12,14H2,1H3,(H,26,30). The van der Waals surface area contributed by atoms with Gasteiger partial charge in [-0.15, -0.1) is 11.8 Å². The third kappa shape index (κ3) is 4.71. The highest BCUT2D eigenvalue weighted by atomic mass is 32.2. The minimum absolute atomic E-state index is 0.0947. The fourth-order valence-electron chi connectivity index (χ4n) is 5.07. The fraction of sp³-hybridized carbons (Fsp3) is 0.520. The molecule has 2 unspecified atom stereocenters. The van der Waals surface area contributed by atoms with Gasteiger partial charge in [-0.1, -0.05) is 31.4 Å². The van der Waals surface area contributed by atoms with Crippen LogP contribution in [0.2, 0.25) is 0 Å². The summed E-state index contributed by atoms with van der Waals surface area (Å²) in [6, 6.07) is 8.11. The predicted molar refractivity (Wildman–Crippen MR) is 132 cm³/mol. The molecule has 4 aliphatic rings. The van der Waals surface area contributed by atoms with Crippen LogP contribution in [0, 0.1) is 5.92 Å². The lowest BCUT2D eigenvalue weighted by Gasteiger charge is -2.35. The van der Waals surface area contributed by atoms with Crippen molar-refractivity contribution in [3.8, 4) is 5.75 Å². The highest BCUT2D eigenvalue weighted by molar-refractivity contribution is 8.05. The third-order valence-electron chi connectivity index (χ3n) is 6.91. The molecule has 2 atom stereocenters. The first-order chi connectivity index (χ1) is 16.1. The Labute approximate surface area is 198 Å². The first-order valence-corrected chi connectivity index (χ1v) is 12.8. The Morgan fingerprint density at radius 1 is 1.15 bits per heavy atom. The smallest absolute Gasteiger partial charge is 0.268 e. The number of allylic oxidation sites excluding steroid dienone is 1. The van der Waals surface area contributed by atoms with E-state index in [4.69, 9.17) is 9.73 Å². The van der Waals surface area contributed by atoms with E-state index < -0.39 is 5.25 Å². The Bertz CT molecular complexity index is 1030. The number of ether oxygens (including phenoxy) is 1. The second kappa shape index (κ2) is 9.71. The molecule has 7 nitrogen and oxygen atoms in total. The highest BCUT2D eigenvalue weighted by Gasteiger charge is 2.38. The Balaban J connectivity index is 1.32. The molecule has 2 fully saturated rings. The maximum atomic E-state index is 12.9. The molecule has 5 rings (SSSR count). The van der Waals surface area contributed by atoms with Crippen LogP contribution in [0.15, 0.2) is 39.7 Å². The van der Waals surface area contributed by atoms with Crippen LogP contribution in [0.1, 0.15) is 50.5 Å². The molecule has 1 N–H and O–H groups in total. The second-order valence-electron chi connectivity index (χ2n) is 9.16. The Morgan fingerprint density at radius 3 is 2.82 bits per heavy atom. The summed E-state index contributed by atoms with van der Waals surface area (Å²) in [5.74, 6) is 1.07. The normalized spacial score (nSPS) is 25.7. The largest absolute Gasteiger partial charge is 0.497 e. The van der Waals surface area contributed by atoms with E-state index in [0.717, 1.165) is 54.8 Å². The number of amides is 2. The number of hydrogen-bond acceptors (Lipinski definition) is 6. The number of thioether (sulfide) groups is 1. The van der Waals surface area contributed by atoms with E-state index in [-0.39, 0.29) is 17.7 Å². The quantitative estimate of drug-likeness (QED) is 0.732. The molecule has 1 aliphatic carbocycles. The summed E-state index contributed by atoms with van der Waals surface area (Å²) in [6.07, 6.45) is 7.56.